The van der Waals surface area contributed by atoms with Crippen molar-refractivity contribution in [2.24, 2.45) is 10.7 Å². The highest BCUT2D eigenvalue weighted by Crippen LogP contribution is 2.15. The van der Waals surface area contributed by atoms with Crippen LogP contribution in [0.15, 0.2) is 59.6 Å². The van der Waals surface area contributed by atoms with Crippen molar-refractivity contribution < 1.29 is 13.5 Å². The molecule has 0 spiro atoms. The molecule has 0 aliphatic rings. The van der Waals surface area contributed by atoms with Gasteiger partial charge >= 0.3 is 0 Å². The highest BCUT2D eigenvalue weighted by Gasteiger charge is 2.04. The molecule has 0 saturated carbocycles. The maximum Gasteiger partial charge on any atom is 0.272 e. The minimum atomic E-state index is -2.49. The molecule has 0 aliphatic carbocycles. The normalized spacial score (nSPS) is 11.5. The number of rotatable bonds is 6. The van der Waals surface area contributed by atoms with Gasteiger partial charge in [0.2, 0.25) is 0 Å². The largest absolute Gasteiger partial charge is 0.488 e. The minimum absolute atomic E-state index is 0.283. The number of halogens is 2. The molecule has 22 heavy (non-hydrogen) atoms. The van der Waals surface area contributed by atoms with E-state index < -0.39 is 13.0 Å². The molecule has 0 atom stereocenters. The molecular weight excluding hydrogens is 288 g/mol. The van der Waals surface area contributed by atoms with Gasteiger partial charge in [0.25, 0.3) is 6.43 Å². The van der Waals surface area contributed by atoms with Gasteiger partial charge in [-0.05, 0) is 29.8 Å². The van der Waals surface area contributed by atoms with Crippen LogP contribution in [0.4, 0.5) is 14.5 Å². The van der Waals surface area contributed by atoms with Crippen molar-refractivity contribution >= 4 is 11.6 Å². The van der Waals surface area contributed by atoms with Gasteiger partial charge in [-0.3, -0.25) is 0 Å². The van der Waals surface area contributed by atoms with E-state index in [1.807, 2.05) is 36.4 Å². The maximum absolute atomic E-state index is 12.1. The number of guanidine groups is 1. The van der Waals surface area contributed by atoms with E-state index in [1.165, 1.54) is 0 Å². The minimum Gasteiger partial charge on any atom is -0.488 e. The molecule has 0 radical (unpaired) electrons. The number of hydrogen-bond acceptors (Lipinski definition) is 2. The van der Waals surface area contributed by atoms with E-state index in [9.17, 15) is 8.78 Å². The summed E-state index contributed by atoms with van der Waals surface area (Å²) in [6, 6.07) is 16.3. The molecule has 3 N–H and O–H groups in total. The van der Waals surface area contributed by atoms with Crippen LogP contribution in [0.3, 0.4) is 0 Å². The van der Waals surface area contributed by atoms with Crippen molar-refractivity contribution in [3.8, 4) is 5.75 Å². The lowest BCUT2D eigenvalue weighted by Crippen LogP contribution is -2.22. The van der Waals surface area contributed by atoms with Gasteiger partial charge in [0.05, 0.1) is 6.54 Å². The number of ether oxygens (including phenoxy) is 1. The van der Waals surface area contributed by atoms with Crippen molar-refractivity contribution in [3.63, 3.8) is 0 Å². The molecule has 116 valence electrons. The molecule has 2 aromatic rings. The summed E-state index contributed by atoms with van der Waals surface area (Å²) < 4.78 is 29.2. The molecule has 0 amide bonds. The number of benzene rings is 2. The van der Waals surface area contributed by atoms with Crippen LogP contribution in [-0.2, 0) is 6.54 Å². The second-order valence-electron chi connectivity index (χ2n) is 4.54. The molecule has 0 aliphatic heterocycles. The third kappa shape index (κ3) is 5.40. The van der Waals surface area contributed by atoms with Gasteiger partial charge < -0.3 is 15.8 Å². The van der Waals surface area contributed by atoms with Gasteiger partial charge in [-0.1, -0.05) is 30.3 Å². The van der Waals surface area contributed by atoms with E-state index in [4.69, 9.17) is 10.5 Å². The summed E-state index contributed by atoms with van der Waals surface area (Å²) in [6.07, 6.45) is -2.49. The summed E-state index contributed by atoms with van der Waals surface area (Å²) in [7, 11) is 0. The predicted molar refractivity (Wildman–Crippen MR) is 83.3 cm³/mol. The van der Waals surface area contributed by atoms with Gasteiger partial charge in [-0.25, -0.2) is 13.8 Å². The van der Waals surface area contributed by atoms with E-state index in [-0.39, 0.29) is 5.96 Å². The van der Waals surface area contributed by atoms with Crippen molar-refractivity contribution in [2.45, 2.75) is 13.0 Å². The van der Waals surface area contributed by atoms with Crippen LogP contribution in [-0.4, -0.2) is 19.0 Å². The number of alkyl halides is 2. The van der Waals surface area contributed by atoms with E-state index in [0.29, 0.717) is 12.3 Å². The van der Waals surface area contributed by atoms with Crippen LogP contribution in [0.2, 0.25) is 0 Å². The molecule has 0 saturated heterocycles. The van der Waals surface area contributed by atoms with Gasteiger partial charge in [0.1, 0.15) is 12.4 Å². The van der Waals surface area contributed by atoms with Crippen molar-refractivity contribution in [1.29, 1.82) is 0 Å². The lowest BCUT2D eigenvalue weighted by molar-refractivity contribution is 0.0818. The van der Waals surface area contributed by atoms with Crippen LogP contribution in [0.25, 0.3) is 0 Å². The first-order valence-corrected chi connectivity index (χ1v) is 6.75. The van der Waals surface area contributed by atoms with Crippen LogP contribution in [0.5, 0.6) is 5.75 Å². The first-order valence-electron chi connectivity index (χ1n) is 6.75. The average molecular weight is 305 g/mol. The summed E-state index contributed by atoms with van der Waals surface area (Å²) in [6.45, 7) is -0.290. The Morgan fingerprint density at radius 2 is 1.91 bits per heavy atom. The Morgan fingerprint density at radius 3 is 2.64 bits per heavy atom. The third-order valence-corrected chi connectivity index (χ3v) is 2.75. The summed E-state index contributed by atoms with van der Waals surface area (Å²) in [4.78, 5) is 4.21. The Hall–Kier alpha value is -2.63. The molecule has 0 bridgehead atoms. The molecule has 6 heteroatoms. The number of hydrogen-bond donors (Lipinski definition) is 2. The second kappa shape index (κ2) is 7.97. The number of nitrogens with one attached hydrogen (secondary N) is 1. The zero-order valence-electron chi connectivity index (χ0n) is 11.9. The van der Waals surface area contributed by atoms with Crippen LogP contribution in [0, 0.1) is 0 Å². The second-order valence-corrected chi connectivity index (χ2v) is 4.54. The molecular formula is C16H17F2N3O. The highest BCUT2D eigenvalue weighted by atomic mass is 19.3. The van der Waals surface area contributed by atoms with Crippen molar-refractivity contribution in [3.05, 3.63) is 60.2 Å². The molecule has 0 fully saturated rings. The van der Waals surface area contributed by atoms with Gasteiger partial charge in [-0.15, -0.1) is 0 Å². The van der Waals surface area contributed by atoms with Gasteiger partial charge in [-0.2, -0.15) is 0 Å². The molecule has 2 aromatic carbocycles. The lowest BCUT2D eigenvalue weighted by Gasteiger charge is -2.07. The zero-order valence-corrected chi connectivity index (χ0v) is 11.9. The van der Waals surface area contributed by atoms with Gasteiger partial charge in [0.15, 0.2) is 5.96 Å². The molecule has 4 nitrogen and oxygen atoms in total. The number of para-hydroxylation sites is 1. The fourth-order valence-corrected chi connectivity index (χ4v) is 1.78. The first-order chi connectivity index (χ1) is 10.6. The Kier molecular flexibility index (Phi) is 5.71. The highest BCUT2D eigenvalue weighted by molar-refractivity contribution is 5.92. The average Bonchev–Trinajstić information content (AvgIpc) is 2.52. The van der Waals surface area contributed by atoms with E-state index in [0.717, 1.165) is 11.3 Å². The number of nitrogens with two attached hydrogens (primary N) is 1. The number of aliphatic imine (C=N–C) groups is 1. The topological polar surface area (TPSA) is 59.6 Å². The molecule has 0 aromatic heterocycles. The zero-order chi connectivity index (χ0) is 15.8. The van der Waals surface area contributed by atoms with E-state index in [2.05, 4.69) is 10.3 Å². The summed E-state index contributed by atoms with van der Waals surface area (Å²) in [5.74, 6) is 0.674. The van der Waals surface area contributed by atoms with Crippen LogP contribution >= 0.6 is 0 Å². The third-order valence-electron chi connectivity index (χ3n) is 2.75. The molecule has 2 rings (SSSR count). The monoisotopic (exact) mass is 305 g/mol. The van der Waals surface area contributed by atoms with Crippen LogP contribution in [0.1, 0.15) is 5.56 Å². The Bertz CT molecular complexity index is 618. The van der Waals surface area contributed by atoms with Crippen molar-refractivity contribution in [2.75, 3.05) is 11.9 Å². The number of anilines is 1. The summed E-state index contributed by atoms with van der Waals surface area (Å²) in [5.41, 5.74) is 7.47. The summed E-state index contributed by atoms with van der Waals surface area (Å²) in [5, 5.41) is 2.96. The quantitative estimate of drug-likeness (QED) is 0.636. The van der Waals surface area contributed by atoms with Crippen LogP contribution < -0.4 is 15.8 Å². The van der Waals surface area contributed by atoms with Gasteiger partial charge in [0, 0.05) is 5.69 Å². The van der Waals surface area contributed by atoms with Crippen molar-refractivity contribution in [1.82, 2.24) is 0 Å². The maximum atomic E-state index is 12.1. The number of nitrogens with zero attached hydrogens (tertiary/aromatic N) is 1. The SMILES string of the molecule is NC(=NCc1cccc(OCC(F)F)c1)Nc1ccccc1. The molecule has 0 unspecified atom stereocenters. The fraction of sp³-hybridized carbons (Fsp3) is 0.188. The van der Waals surface area contributed by atoms with E-state index >= 15 is 0 Å². The smallest absolute Gasteiger partial charge is 0.272 e. The fourth-order valence-electron chi connectivity index (χ4n) is 1.78. The predicted octanol–water partition coefficient (Wildman–Crippen LogP) is 3.26. The first kappa shape index (κ1) is 15.8. The standard InChI is InChI=1S/C16H17F2N3O/c17-15(18)11-22-14-8-4-5-12(9-14)10-20-16(19)21-13-6-2-1-3-7-13/h1-9,15H,10-11H2,(H3,19,20,21). The molecule has 0 heterocycles. The lowest BCUT2D eigenvalue weighted by atomic mass is 10.2. The van der Waals surface area contributed by atoms with E-state index in [1.54, 1.807) is 18.2 Å². The Balaban J connectivity index is 1.92. The summed E-state index contributed by atoms with van der Waals surface area (Å²) >= 11 is 0. The Morgan fingerprint density at radius 1 is 1.14 bits per heavy atom. The Labute approximate surface area is 127 Å².